The molecule has 0 aliphatic carbocycles. The van der Waals surface area contributed by atoms with E-state index in [0.717, 1.165) is 30.8 Å². The molecule has 2 rings (SSSR count). The fourth-order valence-corrected chi connectivity index (χ4v) is 4.56. The minimum absolute atomic E-state index is 0. The van der Waals surface area contributed by atoms with Crippen LogP contribution in [-0.4, -0.2) is 48.8 Å². The third kappa shape index (κ3) is 3.11. The van der Waals surface area contributed by atoms with Crippen molar-refractivity contribution in [2.24, 2.45) is 0 Å². The summed E-state index contributed by atoms with van der Waals surface area (Å²) in [4.78, 5) is 13.6. The Labute approximate surface area is 135 Å². The van der Waals surface area contributed by atoms with E-state index in [9.17, 15) is 22.7 Å². The molecule has 1 fully saturated rings. The van der Waals surface area contributed by atoms with Crippen molar-refractivity contribution in [1.82, 2.24) is 4.90 Å². The normalized spacial score (nSPS) is 18.5. The summed E-state index contributed by atoms with van der Waals surface area (Å²) in [5, 5.41) is 9.53. The van der Waals surface area contributed by atoms with Crippen LogP contribution in [0, 0.1) is 5.82 Å². The van der Waals surface area contributed by atoms with Gasteiger partial charge in [0.1, 0.15) is 5.82 Å². The van der Waals surface area contributed by atoms with E-state index in [-0.39, 0.29) is 30.1 Å². The number of piperidine rings is 1. The fourth-order valence-electron chi connectivity index (χ4n) is 2.67. The molecule has 1 heterocycles. The van der Waals surface area contributed by atoms with Gasteiger partial charge in [0, 0.05) is 13.1 Å². The van der Waals surface area contributed by atoms with Crippen LogP contribution in [0.3, 0.4) is 0 Å². The van der Waals surface area contributed by atoms with E-state index in [0.29, 0.717) is 13.1 Å². The molecule has 0 saturated carbocycles. The molecule has 0 bridgehead atoms. The second kappa shape index (κ2) is 6.93. The van der Waals surface area contributed by atoms with Gasteiger partial charge in [0.15, 0.2) is 14.6 Å². The lowest BCUT2D eigenvalue weighted by Gasteiger charge is -2.37. The third-order valence-electron chi connectivity index (χ3n) is 4.14. The van der Waals surface area contributed by atoms with E-state index in [1.165, 1.54) is 0 Å². The van der Waals surface area contributed by atoms with E-state index in [2.05, 4.69) is 0 Å². The van der Waals surface area contributed by atoms with Gasteiger partial charge >= 0.3 is 5.97 Å². The highest BCUT2D eigenvalue weighted by atomic mass is 35.5. The van der Waals surface area contributed by atoms with Gasteiger partial charge in [0.05, 0.1) is 4.90 Å². The monoisotopic (exact) mass is 351 g/mol. The first-order valence-electron chi connectivity index (χ1n) is 6.79. The Balaban J connectivity index is 0.00000242. The summed E-state index contributed by atoms with van der Waals surface area (Å²) in [6, 6.07) is 4.32. The summed E-state index contributed by atoms with van der Waals surface area (Å²) < 4.78 is 36.6. The molecule has 0 atom stereocenters. The van der Waals surface area contributed by atoms with Gasteiger partial charge in [-0.25, -0.2) is 12.8 Å². The number of benzene rings is 1. The number of rotatable bonds is 4. The predicted molar refractivity (Wildman–Crippen MR) is 82.5 cm³/mol. The first kappa shape index (κ1) is 18.9. The Kier molecular flexibility index (Phi) is 5.95. The fraction of sp³-hybridized carbons (Fsp3) is 0.500. The summed E-state index contributed by atoms with van der Waals surface area (Å²) in [5.74, 6) is -1.89. The summed E-state index contributed by atoms with van der Waals surface area (Å²) in [6.45, 7) is 3.54. The van der Waals surface area contributed by atoms with Crippen LogP contribution >= 0.6 is 12.4 Å². The van der Waals surface area contributed by atoms with Crippen molar-refractivity contribution < 1.29 is 22.7 Å². The Morgan fingerprint density at radius 2 is 1.77 bits per heavy atom. The topological polar surface area (TPSA) is 74.7 Å². The minimum Gasteiger partial charge on any atom is -0.480 e. The second-order valence-corrected chi connectivity index (χ2v) is 7.45. The van der Waals surface area contributed by atoms with Crippen molar-refractivity contribution >= 4 is 28.2 Å². The average Bonchev–Trinajstić information content (AvgIpc) is 2.47. The number of carboxylic acids is 1. The molecule has 0 spiro atoms. The van der Waals surface area contributed by atoms with E-state index in [4.69, 9.17) is 0 Å². The van der Waals surface area contributed by atoms with Gasteiger partial charge in [0.25, 0.3) is 0 Å². The maximum absolute atomic E-state index is 13.0. The maximum Gasteiger partial charge on any atom is 0.325 e. The van der Waals surface area contributed by atoms with Crippen LogP contribution in [0.25, 0.3) is 0 Å². The van der Waals surface area contributed by atoms with Crippen LogP contribution < -0.4 is 0 Å². The second-order valence-electron chi connectivity index (χ2n) is 5.19. The van der Waals surface area contributed by atoms with Crippen molar-refractivity contribution in [3.8, 4) is 0 Å². The first-order chi connectivity index (χ1) is 9.83. The molecule has 0 unspecified atom stereocenters. The zero-order chi connectivity index (χ0) is 15.7. The van der Waals surface area contributed by atoms with Gasteiger partial charge in [-0.15, -0.1) is 12.4 Å². The van der Waals surface area contributed by atoms with Crippen molar-refractivity contribution in [2.45, 2.75) is 29.4 Å². The lowest BCUT2D eigenvalue weighted by atomic mass is 9.96. The number of sulfone groups is 1. The molecule has 0 amide bonds. The summed E-state index contributed by atoms with van der Waals surface area (Å²) in [7, 11) is -4.06. The van der Waals surface area contributed by atoms with Crippen LogP contribution in [0.1, 0.15) is 19.8 Å². The molecule has 1 saturated heterocycles. The zero-order valence-corrected chi connectivity index (χ0v) is 13.8. The zero-order valence-electron chi connectivity index (χ0n) is 12.2. The Hall–Kier alpha value is -1.18. The van der Waals surface area contributed by atoms with Crippen molar-refractivity contribution in [3.05, 3.63) is 30.1 Å². The molecule has 1 N–H and O–H groups in total. The molecule has 1 aliphatic heterocycles. The van der Waals surface area contributed by atoms with Gasteiger partial charge in [-0.2, -0.15) is 0 Å². The van der Waals surface area contributed by atoms with Crippen LogP contribution in [0.15, 0.2) is 29.2 Å². The largest absolute Gasteiger partial charge is 0.480 e. The van der Waals surface area contributed by atoms with Gasteiger partial charge in [-0.1, -0.05) is 6.92 Å². The van der Waals surface area contributed by atoms with Crippen LogP contribution in [-0.2, 0) is 14.6 Å². The minimum atomic E-state index is -4.06. The van der Waals surface area contributed by atoms with Gasteiger partial charge < -0.3 is 10.0 Å². The highest BCUT2D eigenvalue weighted by Gasteiger charge is 2.53. The highest BCUT2D eigenvalue weighted by molar-refractivity contribution is 7.93. The first-order valence-corrected chi connectivity index (χ1v) is 8.28. The SMILES string of the molecule is CCN1CCC(C(=O)O)(S(=O)(=O)c2ccc(F)cc2)CC1.Cl. The highest BCUT2D eigenvalue weighted by Crippen LogP contribution is 2.35. The number of likely N-dealkylation sites (tertiary alicyclic amines) is 1. The molecule has 0 aromatic heterocycles. The molecule has 124 valence electrons. The Morgan fingerprint density at radius 1 is 1.27 bits per heavy atom. The van der Waals surface area contributed by atoms with E-state index in [1.807, 2.05) is 11.8 Å². The van der Waals surface area contributed by atoms with Crippen molar-refractivity contribution in [2.75, 3.05) is 19.6 Å². The Bertz CT molecular complexity index is 625. The smallest absolute Gasteiger partial charge is 0.325 e. The molecule has 5 nitrogen and oxygen atoms in total. The van der Waals surface area contributed by atoms with E-state index < -0.39 is 26.4 Å². The molecule has 0 radical (unpaired) electrons. The molecule has 22 heavy (non-hydrogen) atoms. The van der Waals surface area contributed by atoms with Crippen molar-refractivity contribution in [3.63, 3.8) is 0 Å². The number of aliphatic carboxylic acids is 1. The third-order valence-corrected chi connectivity index (χ3v) is 6.64. The van der Waals surface area contributed by atoms with Crippen LogP contribution in [0.5, 0.6) is 0 Å². The lowest BCUT2D eigenvalue weighted by molar-refractivity contribution is -0.141. The molecule has 8 heteroatoms. The summed E-state index contributed by atoms with van der Waals surface area (Å²) in [5.41, 5.74) is 0. The van der Waals surface area contributed by atoms with Gasteiger partial charge in [-0.05, 0) is 43.7 Å². The quantitative estimate of drug-likeness (QED) is 0.839. The molecular formula is C14H19ClFNO4S. The Morgan fingerprint density at radius 3 is 2.18 bits per heavy atom. The number of hydrogen-bond donors (Lipinski definition) is 1. The lowest BCUT2D eigenvalue weighted by Crippen LogP contribution is -2.54. The predicted octanol–water partition coefficient (Wildman–Crippen LogP) is 1.96. The van der Waals surface area contributed by atoms with E-state index >= 15 is 0 Å². The van der Waals surface area contributed by atoms with Gasteiger partial charge in [-0.3, -0.25) is 4.79 Å². The van der Waals surface area contributed by atoms with Crippen LogP contribution in [0.2, 0.25) is 0 Å². The number of carboxylic acid groups (broad SMARTS) is 1. The average molecular weight is 352 g/mol. The van der Waals surface area contributed by atoms with Gasteiger partial charge in [0.2, 0.25) is 0 Å². The molecular weight excluding hydrogens is 333 g/mol. The number of hydrogen-bond acceptors (Lipinski definition) is 4. The molecule has 1 aliphatic rings. The number of halogens is 2. The molecule has 1 aromatic rings. The number of nitrogens with zero attached hydrogens (tertiary/aromatic N) is 1. The summed E-state index contributed by atoms with van der Waals surface area (Å²) >= 11 is 0. The maximum atomic E-state index is 13.0. The van der Waals surface area contributed by atoms with Crippen molar-refractivity contribution in [1.29, 1.82) is 0 Å². The molecule has 1 aromatic carbocycles. The number of carbonyl (C=O) groups is 1. The van der Waals surface area contributed by atoms with Crippen LogP contribution in [0.4, 0.5) is 4.39 Å². The summed E-state index contributed by atoms with van der Waals surface area (Å²) in [6.07, 6.45) is 0.0752. The standard InChI is InChI=1S/C14H18FNO4S.ClH/c1-2-16-9-7-14(8-10-16,13(17)18)21(19,20)12-5-3-11(15)4-6-12;/h3-6H,2,7-10H2,1H3,(H,17,18);1H. The van der Waals surface area contributed by atoms with E-state index in [1.54, 1.807) is 0 Å².